The lowest BCUT2D eigenvalue weighted by Gasteiger charge is -2.23. The van der Waals surface area contributed by atoms with Gasteiger partial charge in [0.25, 0.3) is 0 Å². The summed E-state index contributed by atoms with van der Waals surface area (Å²) in [7, 11) is 3.49. The van der Waals surface area contributed by atoms with Crippen LogP contribution in [0.5, 0.6) is 0 Å². The average molecular weight is 372 g/mol. The van der Waals surface area contributed by atoms with E-state index < -0.39 is 11.7 Å². The highest BCUT2D eigenvalue weighted by atomic mass is 19.1. The normalized spacial score (nSPS) is 10.7. The molecule has 0 atom stereocenters. The van der Waals surface area contributed by atoms with Gasteiger partial charge in [-0.3, -0.25) is 9.36 Å². The van der Waals surface area contributed by atoms with Crippen molar-refractivity contribution < 1.29 is 13.6 Å². The highest BCUT2D eigenvalue weighted by molar-refractivity contribution is 5.82. The first-order chi connectivity index (χ1) is 12.9. The molecule has 7 nitrogen and oxygen atoms in total. The van der Waals surface area contributed by atoms with Crippen LogP contribution in [-0.2, 0) is 11.8 Å². The molecule has 2 N–H and O–H groups in total. The molecule has 1 aromatic heterocycles. The van der Waals surface area contributed by atoms with E-state index in [9.17, 15) is 13.6 Å². The van der Waals surface area contributed by atoms with Crippen molar-refractivity contribution in [2.24, 2.45) is 12.8 Å². The molecule has 3 rings (SSSR count). The fraction of sp³-hybridized carbons (Fsp3) is 0.167. The Hall–Kier alpha value is -3.49. The van der Waals surface area contributed by atoms with Crippen molar-refractivity contribution in [3.8, 4) is 0 Å². The molecule has 1 heterocycles. The van der Waals surface area contributed by atoms with Crippen molar-refractivity contribution in [3.05, 3.63) is 60.2 Å². The molecule has 140 valence electrons. The molecule has 0 fully saturated rings. The minimum atomic E-state index is -0.573. The van der Waals surface area contributed by atoms with E-state index >= 15 is 0 Å². The van der Waals surface area contributed by atoms with E-state index in [0.29, 0.717) is 23.3 Å². The Balaban J connectivity index is 1.98. The molecule has 0 aliphatic carbocycles. The van der Waals surface area contributed by atoms with Gasteiger partial charge in [-0.05, 0) is 48.5 Å². The Kier molecular flexibility index (Phi) is 5.02. The van der Waals surface area contributed by atoms with Gasteiger partial charge in [0.05, 0.1) is 0 Å². The van der Waals surface area contributed by atoms with E-state index in [1.165, 1.54) is 41.3 Å². The molecule has 2 aromatic carbocycles. The Morgan fingerprint density at radius 2 is 1.44 bits per heavy atom. The molecule has 1 amide bonds. The number of amides is 1. The zero-order valence-electron chi connectivity index (χ0n) is 14.8. The number of halogens is 2. The van der Waals surface area contributed by atoms with Gasteiger partial charge < -0.3 is 15.5 Å². The molecule has 0 aliphatic rings. The Morgan fingerprint density at radius 1 is 0.963 bits per heavy atom. The maximum Gasteiger partial charge on any atom is 0.237 e. The van der Waals surface area contributed by atoms with Gasteiger partial charge in [0.1, 0.15) is 18.2 Å². The standard InChI is InChI=1S/C18H18F2N6O/c1-24(14-7-3-12(19)4-8-14)17-22-23-18(25(17)2)26(11-16(21)27)15-9-5-13(20)6-10-15/h3-10H,11H2,1-2H3,(H2,21,27). The predicted octanol–water partition coefficient (Wildman–Crippen LogP) is 2.48. The largest absolute Gasteiger partial charge is 0.368 e. The van der Waals surface area contributed by atoms with E-state index in [4.69, 9.17) is 5.73 Å². The molecule has 0 unspecified atom stereocenters. The number of anilines is 4. The summed E-state index contributed by atoms with van der Waals surface area (Å²) in [5.41, 5.74) is 6.61. The van der Waals surface area contributed by atoms with E-state index in [-0.39, 0.29) is 12.4 Å². The minimum absolute atomic E-state index is 0.155. The molecule has 0 saturated heterocycles. The Morgan fingerprint density at radius 3 is 1.96 bits per heavy atom. The van der Waals surface area contributed by atoms with Crippen molar-refractivity contribution in [2.45, 2.75) is 0 Å². The van der Waals surface area contributed by atoms with Gasteiger partial charge in [0, 0.05) is 25.5 Å². The molecule has 9 heteroatoms. The van der Waals surface area contributed by atoms with E-state index in [1.54, 1.807) is 35.7 Å². The van der Waals surface area contributed by atoms with Gasteiger partial charge in [0.15, 0.2) is 0 Å². The van der Waals surface area contributed by atoms with Crippen LogP contribution in [0.25, 0.3) is 0 Å². The molecule has 3 aromatic rings. The van der Waals surface area contributed by atoms with Crippen molar-refractivity contribution >= 4 is 29.2 Å². The molecule has 0 aliphatic heterocycles. The maximum absolute atomic E-state index is 13.2. The van der Waals surface area contributed by atoms with Crippen LogP contribution in [0.4, 0.5) is 32.1 Å². The van der Waals surface area contributed by atoms with Crippen LogP contribution < -0.4 is 15.5 Å². The lowest BCUT2D eigenvalue weighted by atomic mass is 10.3. The third-order valence-electron chi connectivity index (χ3n) is 4.04. The summed E-state index contributed by atoms with van der Waals surface area (Å²) in [5, 5.41) is 8.32. The Bertz CT molecular complexity index is 939. The van der Waals surface area contributed by atoms with Crippen LogP contribution in [-0.4, -0.2) is 34.3 Å². The summed E-state index contributed by atoms with van der Waals surface area (Å²) in [4.78, 5) is 14.8. The first-order valence-corrected chi connectivity index (χ1v) is 8.07. The molecule has 0 bridgehead atoms. The lowest BCUT2D eigenvalue weighted by Crippen LogP contribution is -2.32. The van der Waals surface area contributed by atoms with Crippen molar-refractivity contribution in [2.75, 3.05) is 23.4 Å². The van der Waals surface area contributed by atoms with Crippen LogP contribution in [0.1, 0.15) is 0 Å². The second kappa shape index (κ2) is 7.40. The third-order valence-corrected chi connectivity index (χ3v) is 4.04. The molecule has 0 saturated carbocycles. The summed E-state index contributed by atoms with van der Waals surface area (Å²) in [6, 6.07) is 11.5. The van der Waals surface area contributed by atoms with Gasteiger partial charge in [-0.25, -0.2) is 8.78 Å². The quantitative estimate of drug-likeness (QED) is 0.719. The summed E-state index contributed by atoms with van der Waals surface area (Å²) in [5.74, 6) is -0.490. The number of primary amides is 1. The average Bonchev–Trinajstić information content (AvgIpc) is 3.01. The van der Waals surface area contributed by atoms with Crippen LogP contribution in [0, 0.1) is 11.6 Å². The number of aromatic nitrogens is 3. The second-order valence-electron chi connectivity index (χ2n) is 5.92. The summed E-state index contributed by atoms with van der Waals surface area (Å²) < 4.78 is 28.1. The number of benzene rings is 2. The summed E-state index contributed by atoms with van der Waals surface area (Å²) in [6.45, 7) is -0.155. The van der Waals surface area contributed by atoms with Crippen molar-refractivity contribution in [1.29, 1.82) is 0 Å². The monoisotopic (exact) mass is 372 g/mol. The summed E-state index contributed by atoms with van der Waals surface area (Å²) in [6.07, 6.45) is 0. The van der Waals surface area contributed by atoms with Crippen molar-refractivity contribution in [1.82, 2.24) is 14.8 Å². The van der Waals surface area contributed by atoms with Crippen LogP contribution in [0.3, 0.4) is 0 Å². The first kappa shape index (κ1) is 18.3. The van der Waals surface area contributed by atoms with Gasteiger partial charge in [-0.15, -0.1) is 10.2 Å². The molecular weight excluding hydrogens is 354 g/mol. The molecule has 0 radical (unpaired) electrons. The zero-order valence-corrected chi connectivity index (χ0v) is 14.8. The number of rotatable bonds is 6. The van der Waals surface area contributed by atoms with Crippen LogP contribution >= 0.6 is 0 Å². The van der Waals surface area contributed by atoms with E-state index in [1.807, 2.05) is 0 Å². The number of carbonyl (C=O) groups is 1. The molecule has 27 heavy (non-hydrogen) atoms. The number of nitrogens with two attached hydrogens (primary N) is 1. The van der Waals surface area contributed by atoms with Crippen LogP contribution in [0.2, 0.25) is 0 Å². The SMILES string of the molecule is CN(c1ccc(F)cc1)c1nnc(N(CC(N)=O)c2ccc(F)cc2)n1C. The molecular formula is C18H18F2N6O. The fourth-order valence-electron chi connectivity index (χ4n) is 2.67. The molecule has 0 spiro atoms. The zero-order chi connectivity index (χ0) is 19.6. The number of hydrogen-bond donors (Lipinski definition) is 1. The predicted molar refractivity (Wildman–Crippen MR) is 98.1 cm³/mol. The van der Waals surface area contributed by atoms with E-state index in [0.717, 1.165) is 0 Å². The first-order valence-electron chi connectivity index (χ1n) is 8.07. The maximum atomic E-state index is 13.2. The second-order valence-corrected chi connectivity index (χ2v) is 5.92. The van der Waals surface area contributed by atoms with Crippen molar-refractivity contribution in [3.63, 3.8) is 0 Å². The van der Waals surface area contributed by atoms with Crippen LogP contribution in [0.15, 0.2) is 48.5 Å². The topological polar surface area (TPSA) is 80.3 Å². The highest BCUT2D eigenvalue weighted by Crippen LogP contribution is 2.28. The number of hydrogen-bond acceptors (Lipinski definition) is 5. The number of nitrogens with zero attached hydrogens (tertiary/aromatic N) is 5. The lowest BCUT2D eigenvalue weighted by molar-refractivity contribution is -0.116. The van der Waals surface area contributed by atoms with E-state index in [2.05, 4.69) is 10.2 Å². The third kappa shape index (κ3) is 3.86. The minimum Gasteiger partial charge on any atom is -0.368 e. The van der Waals surface area contributed by atoms with Gasteiger partial charge in [-0.2, -0.15) is 0 Å². The number of carbonyl (C=O) groups excluding carboxylic acids is 1. The van der Waals surface area contributed by atoms with Gasteiger partial charge >= 0.3 is 0 Å². The van der Waals surface area contributed by atoms with Gasteiger partial charge in [-0.1, -0.05) is 0 Å². The fourth-order valence-corrected chi connectivity index (χ4v) is 2.67. The smallest absolute Gasteiger partial charge is 0.237 e. The summed E-state index contributed by atoms with van der Waals surface area (Å²) >= 11 is 0. The highest BCUT2D eigenvalue weighted by Gasteiger charge is 2.21. The van der Waals surface area contributed by atoms with Gasteiger partial charge in [0.2, 0.25) is 17.8 Å². The Labute approximate surface area is 154 Å².